The number of amides is 1. The van der Waals surface area contributed by atoms with Gasteiger partial charge in [-0.1, -0.05) is 5.16 Å². The van der Waals surface area contributed by atoms with Crippen molar-refractivity contribution < 1.29 is 28.9 Å². The number of aromatic nitrogens is 1. The molecule has 33 heavy (non-hydrogen) atoms. The molecule has 0 atom stereocenters. The number of carbonyl (C=O) groups is 3. The number of esters is 1. The molecule has 2 rings (SSSR count). The van der Waals surface area contributed by atoms with Gasteiger partial charge in [0, 0.05) is 17.5 Å². The predicted molar refractivity (Wildman–Crippen MR) is 124 cm³/mol. The molecule has 178 valence electrons. The first-order chi connectivity index (χ1) is 15.0. The van der Waals surface area contributed by atoms with Crippen LogP contribution >= 0.6 is 46.9 Å². The quantitative estimate of drug-likeness (QED) is 0.120. The maximum atomic E-state index is 12.4. The van der Waals surface area contributed by atoms with E-state index in [1.165, 1.54) is 43.5 Å². The van der Waals surface area contributed by atoms with Crippen LogP contribution in [-0.2, 0) is 30.6 Å². The predicted octanol–water partition coefficient (Wildman–Crippen LogP) is 3.66. The summed E-state index contributed by atoms with van der Waals surface area (Å²) in [6.45, 7) is 2.56. The van der Waals surface area contributed by atoms with E-state index in [9.17, 15) is 24.5 Å². The third kappa shape index (κ3) is 8.24. The van der Waals surface area contributed by atoms with Gasteiger partial charge in [0.25, 0.3) is 10.9 Å². The molecule has 0 aliphatic rings. The fraction of sp³-hybridized carbons (Fsp3) is 0.278. The lowest BCUT2D eigenvalue weighted by Crippen LogP contribution is -2.35. The fourth-order valence-electron chi connectivity index (χ4n) is 2.01. The fourth-order valence-corrected chi connectivity index (χ4v) is 2.92. The zero-order valence-electron chi connectivity index (χ0n) is 17.1. The number of halogens is 3. The highest BCUT2D eigenvalue weighted by Crippen LogP contribution is 2.20. The average Bonchev–Trinajstić information content (AvgIpc) is 3.19. The first-order valence-corrected chi connectivity index (χ1v) is 10.5. The molecular weight excluding hydrogens is 523 g/mol. The number of ether oxygens (including phenoxy) is 1. The van der Waals surface area contributed by atoms with E-state index >= 15 is 0 Å². The summed E-state index contributed by atoms with van der Waals surface area (Å²) in [4.78, 5) is 54.8. The second-order valence-electron chi connectivity index (χ2n) is 6.53. The van der Waals surface area contributed by atoms with Gasteiger partial charge in [0.1, 0.15) is 18.2 Å². The molecule has 1 amide bonds. The zero-order chi connectivity index (χ0) is 23.9. The molecule has 1 aromatic carbocycles. The van der Waals surface area contributed by atoms with E-state index in [0.717, 1.165) is 11.3 Å². The van der Waals surface area contributed by atoms with Gasteiger partial charge in [0.2, 0.25) is 11.5 Å². The summed E-state index contributed by atoms with van der Waals surface area (Å²) in [5.41, 5.74) is -1.54. The molecule has 1 heterocycles. The molecule has 0 fully saturated rings. The summed E-state index contributed by atoms with van der Waals surface area (Å²) < 4.78 is 5.16. The number of anilines is 1. The number of nitro groups is 1. The smallest absolute Gasteiger partial charge is 0.353 e. The SMILES string of the molecule is CC(C)(ON=C(C(=O)Cl)c1csc(NC(=O)CCl)n1)C(=O)OCc1ccc([N+](=O)[O-])cc1.Cl. The summed E-state index contributed by atoms with van der Waals surface area (Å²) in [5, 5.41) is 17.3. The third-order valence-corrected chi connectivity index (χ3v) is 4.85. The van der Waals surface area contributed by atoms with E-state index in [4.69, 9.17) is 32.8 Å². The van der Waals surface area contributed by atoms with Crippen molar-refractivity contribution in [3.05, 3.63) is 51.0 Å². The lowest BCUT2D eigenvalue weighted by Gasteiger charge is -2.20. The molecule has 0 saturated carbocycles. The van der Waals surface area contributed by atoms with Crippen LogP contribution < -0.4 is 5.32 Å². The monoisotopic (exact) mass is 538 g/mol. The van der Waals surface area contributed by atoms with E-state index in [0.29, 0.717) is 5.56 Å². The van der Waals surface area contributed by atoms with E-state index in [2.05, 4.69) is 15.5 Å². The summed E-state index contributed by atoms with van der Waals surface area (Å²) in [7, 11) is 0. The van der Waals surface area contributed by atoms with Crippen molar-refractivity contribution in [3.8, 4) is 0 Å². The number of non-ortho nitro benzene ring substituents is 1. The lowest BCUT2D eigenvalue weighted by atomic mass is 10.1. The second-order valence-corrected chi connectivity index (χ2v) is 8.00. The normalized spacial score (nSPS) is 11.2. The molecule has 0 aliphatic heterocycles. The van der Waals surface area contributed by atoms with Gasteiger partial charge >= 0.3 is 5.97 Å². The Balaban J connectivity index is 0.00000544. The maximum absolute atomic E-state index is 12.4. The molecule has 2 aromatic rings. The Kier molecular flexibility index (Phi) is 10.6. The number of benzene rings is 1. The molecule has 0 saturated heterocycles. The van der Waals surface area contributed by atoms with E-state index in [1.54, 1.807) is 0 Å². The van der Waals surface area contributed by atoms with Crippen LogP contribution in [0.5, 0.6) is 0 Å². The largest absolute Gasteiger partial charge is 0.458 e. The number of oxime groups is 1. The molecule has 1 N–H and O–H groups in total. The van der Waals surface area contributed by atoms with Crippen LogP contribution in [0, 0.1) is 10.1 Å². The Morgan fingerprint density at radius 3 is 2.45 bits per heavy atom. The van der Waals surface area contributed by atoms with Crippen LogP contribution in [0.3, 0.4) is 0 Å². The second kappa shape index (κ2) is 12.4. The number of carbonyl (C=O) groups excluding carboxylic acids is 3. The first-order valence-electron chi connectivity index (χ1n) is 8.71. The third-order valence-electron chi connectivity index (χ3n) is 3.67. The van der Waals surface area contributed by atoms with Gasteiger partial charge < -0.3 is 14.9 Å². The molecular formula is C18H17Cl3N4O7S. The first kappa shape index (κ1) is 28.2. The summed E-state index contributed by atoms with van der Waals surface area (Å²) >= 11 is 12.0. The number of rotatable bonds is 10. The summed E-state index contributed by atoms with van der Waals surface area (Å²) in [6, 6.07) is 5.46. The number of thiazole rings is 1. The number of nitrogens with zero attached hydrogens (tertiary/aromatic N) is 3. The van der Waals surface area contributed by atoms with Gasteiger partial charge in [0.05, 0.1) is 4.92 Å². The van der Waals surface area contributed by atoms with E-state index < -0.39 is 27.6 Å². The van der Waals surface area contributed by atoms with Crippen LogP contribution in [0.1, 0.15) is 25.1 Å². The minimum Gasteiger partial charge on any atom is -0.458 e. The topological polar surface area (TPSA) is 150 Å². The molecule has 0 radical (unpaired) electrons. The zero-order valence-corrected chi connectivity index (χ0v) is 20.2. The number of hydrogen-bond acceptors (Lipinski definition) is 10. The Morgan fingerprint density at radius 1 is 1.27 bits per heavy atom. The minimum absolute atomic E-state index is 0. The standard InChI is InChI=1S/C18H16Cl2N4O7S.ClH/c1-18(2,16(27)30-8-10-3-5-11(6-4-10)24(28)29)31-23-14(15(20)26)12-9-32-17(21-12)22-13(25)7-19;/h3-6,9H,7-8H2,1-2H3,(H,21,22,25);1H. The highest BCUT2D eigenvalue weighted by atomic mass is 35.5. The van der Waals surface area contributed by atoms with Crippen molar-refractivity contribution in [1.29, 1.82) is 0 Å². The molecule has 0 aliphatic carbocycles. The number of hydrogen-bond donors (Lipinski definition) is 1. The molecule has 15 heteroatoms. The molecule has 0 bridgehead atoms. The van der Waals surface area contributed by atoms with Crippen molar-refractivity contribution in [2.75, 3.05) is 11.2 Å². The average molecular weight is 540 g/mol. The van der Waals surface area contributed by atoms with Crippen LogP contribution in [0.2, 0.25) is 0 Å². The van der Waals surface area contributed by atoms with Crippen molar-refractivity contribution in [1.82, 2.24) is 4.98 Å². The van der Waals surface area contributed by atoms with Gasteiger partial charge in [-0.2, -0.15) is 0 Å². The summed E-state index contributed by atoms with van der Waals surface area (Å²) in [5.74, 6) is -1.57. The molecule has 0 unspecified atom stereocenters. The minimum atomic E-state index is -1.61. The number of nitro benzene ring substituents is 1. The number of nitrogens with one attached hydrogen (secondary N) is 1. The summed E-state index contributed by atoms with van der Waals surface area (Å²) in [6.07, 6.45) is 0. The Labute approximate surface area is 207 Å². The van der Waals surface area contributed by atoms with Crippen LogP contribution in [0.4, 0.5) is 10.8 Å². The van der Waals surface area contributed by atoms with Gasteiger partial charge in [0.15, 0.2) is 10.8 Å². The maximum Gasteiger partial charge on any atom is 0.353 e. The van der Waals surface area contributed by atoms with Crippen LogP contribution in [0.15, 0.2) is 34.8 Å². The Bertz CT molecular complexity index is 1060. The molecule has 1 aromatic heterocycles. The Hall–Kier alpha value is -2.80. The lowest BCUT2D eigenvalue weighted by molar-refractivity contribution is -0.384. The van der Waals surface area contributed by atoms with E-state index in [1.807, 2.05) is 0 Å². The van der Waals surface area contributed by atoms with Gasteiger partial charge in [-0.3, -0.25) is 19.7 Å². The molecule has 11 nitrogen and oxygen atoms in total. The van der Waals surface area contributed by atoms with Crippen LogP contribution in [0.25, 0.3) is 0 Å². The highest BCUT2D eigenvalue weighted by molar-refractivity contribution is 7.14. The van der Waals surface area contributed by atoms with Gasteiger partial charge in [-0.05, 0) is 43.1 Å². The number of alkyl halides is 1. The van der Waals surface area contributed by atoms with Crippen molar-refractivity contribution in [2.24, 2.45) is 5.16 Å². The van der Waals surface area contributed by atoms with E-state index in [-0.39, 0.29) is 47.1 Å². The van der Waals surface area contributed by atoms with Gasteiger partial charge in [-0.15, -0.1) is 35.3 Å². The van der Waals surface area contributed by atoms with Crippen molar-refractivity contribution >= 4 is 80.6 Å². The van der Waals surface area contributed by atoms with Gasteiger partial charge in [-0.25, -0.2) is 9.78 Å². The van der Waals surface area contributed by atoms with Crippen molar-refractivity contribution in [3.63, 3.8) is 0 Å². The van der Waals surface area contributed by atoms with Crippen LogP contribution in [-0.4, -0.2) is 44.2 Å². The highest BCUT2D eigenvalue weighted by Gasteiger charge is 2.33. The van der Waals surface area contributed by atoms with Crippen molar-refractivity contribution in [2.45, 2.75) is 26.1 Å². The molecule has 0 spiro atoms. The Morgan fingerprint density at radius 2 is 1.91 bits per heavy atom.